The van der Waals surface area contributed by atoms with Crippen LogP contribution >= 0.6 is 23.5 Å². The van der Waals surface area contributed by atoms with Gasteiger partial charge in [0.15, 0.2) is 5.16 Å². The third-order valence-corrected chi connectivity index (χ3v) is 6.62. The first kappa shape index (κ1) is 19.8. The number of benzene rings is 2. The van der Waals surface area contributed by atoms with Crippen molar-refractivity contribution in [3.05, 3.63) is 87.8 Å². The highest BCUT2D eigenvalue weighted by atomic mass is 32.2. The van der Waals surface area contributed by atoms with Crippen LogP contribution in [0.25, 0.3) is 0 Å². The number of carbonyl (C=O) groups is 1. The number of amides is 1. The molecule has 1 aromatic heterocycles. The van der Waals surface area contributed by atoms with Gasteiger partial charge in [-0.1, -0.05) is 54.2 Å². The van der Waals surface area contributed by atoms with Crippen LogP contribution in [0.5, 0.6) is 0 Å². The zero-order valence-corrected chi connectivity index (χ0v) is 17.5. The number of carbonyl (C=O) groups excluding carboxylic acids is 1. The van der Waals surface area contributed by atoms with E-state index in [4.69, 9.17) is 0 Å². The maximum atomic E-state index is 12.6. The predicted molar refractivity (Wildman–Crippen MR) is 117 cm³/mol. The van der Waals surface area contributed by atoms with Crippen LogP contribution < -0.4 is 5.56 Å². The summed E-state index contributed by atoms with van der Waals surface area (Å²) in [5, 5.41) is 0.493. The van der Waals surface area contributed by atoms with Gasteiger partial charge in [0.2, 0.25) is 5.91 Å². The molecular formula is C22H21N3O2S2. The molecule has 1 aliphatic rings. The summed E-state index contributed by atoms with van der Waals surface area (Å²) >= 11 is 2.92. The minimum atomic E-state index is -0.189. The number of thioether (sulfide) groups is 2. The average molecular weight is 424 g/mol. The van der Waals surface area contributed by atoms with E-state index in [1.54, 1.807) is 11.8 Å². The lowest BCUT2D eigenvalue weighted by Crippen LogP contribution is -2.37. The lowest BCUT2D eigenvalue weighted by Gasteiger charge is -2.28. The normalized spacial score (nSPS) is 13.2. The maximum Gasteiger partial charge on any atom is 0.251 e. The van der Waals surface area contributed by atoms with E-state index < -0.39 is 0 Å². The Bertz CT molecular complexity index is 1050. The molecular weight excluding hydrogens is 402 g/mol. The fourth-order valence-corrected chi connectivity index (χ4v) is 4.84. The highest BCUT2D eigenvalue weighted by Crippen LogP contribution is 2.23. The summed E-state index contributed by atoms with van der Waals surface area (Å²) < 4.78 is 0. The molecule has 0 bridgehead atoms. The lowest BCUT2D eigenvalue weighted by atomic mass is 10.00. The molecule has 2 aromatic carbocycles. The Morgan fingerprint density at radius 1 is 1.03 bits per heavy atom. The molecule has 2 heterocycles. The van der Waals surface area contributed by atoms with Gasteiger partial charge in [0.05, 0.1) is 11.4 Å². The molecule has 5 nitrogen and oxygen atoms in total. The molecule has 0 atom stereocenters. The summed E-state index contributed by atoms with van der Waals surface area (Å²) in [7, 11) is 0. The molecule has 1 aliphatic heterocycles. The van der Waals surface area contributed by atoms with Crippen LogP contribution in [0.1, 0.15) is 16.8 Å². The molecule has 7 heteroatoms. The van der Waals surface area contributed by atoms with Gasteiger partial charge >= 0.3 is 0 Å². The van der Waals surface area contributed by atoms with E-state index in [2.05, 4.69) is 22.1 Å². The molecule has 4 rings (SSSR count). The van der Waals surface area contributed by atoms with Crippen molar-refractivity contribution in [2.24, 2.45) is 0 Å². The second kappa shape index (κ2) is 9.33. The molecule has 1 N–H and O–H groups in total. The Kier molecular flexibility index (Phi) is 6.36. The van der Waals surface area contributed by atoms with Crippen LogP contribution in [-0.2, 0) is 23.5 Å². The topological polar surface area (TPSA) is 66.1 Å². The molecule has 0 saturated carbocycles. The number of nitrogens with one attached hydrogen (secondary N) is 1. The van der Waals surface area contributed by atoms with Gasteiger partial charge in [0, 0.05) is 29.8 Å². The minimum Gasteiger partial charge on any atom is -0.337 e. The van der Waals surface area contributed by atoms with Crippen molar-refractivity contribution in [1.29, 1.82) is 0 Å². The van der Waals surface area contributed by atoms with E-state index in [-0.39, 0.29) is 17.2 Å². The molecule has 0 aliphatic carbocycles. The molecule has 0 unspecified atom stereocenters. The van der Waals surface area contributed by atoms with E-state index >= 15 is 0 Å². The van der Waals surface area contributed by atoms with Gasteiger partial charge in [0.25, 0.3) is 5.56 Å². The van der Waals surface area contributed by atoms with E-state index in [0.29, 0.717) is 23.1 Å². The number of fused-ring (bicyclic) bond motifs is 1. The van der Waals surface area contributed by atoms with Gasteiger partial charge in [-0.05, 0) is 29.7 Å². The molecule has 0 saturated heterocycles. The number of hydrogen-bond acceptors (Lipinski definition) is 5. The Morgan fingerprint density at radius 3 is 2.62 bits per heavy atom. The summed E-state index contributed by atoms with van der Waals surface area (Å²) in [6.07, 6.45) is 0.883. The summed E-state index contributed by atoms with van der Waals surface area (Å²) in [4.78, 5) is 34.9. The zero-order chi connectivity index (χ0) is 20.1. The number of hydrogen-bond donors (Lipinski definition) is 1. The SMILES string of the molecule is O=C(CSc1nc(CSc2ccccc2)cc(=O)[nH]1)N1CCc2ccccc2C1. The smallest absolute Gasteiger partial charge is 0.251 e. The second-order valence-corrected chi connectivity index (χ2v) is 8.78. The highest BCUT2D eigenvalue weighted by molar-refractivity contribution is 7.99. The zero-order valence-electron chi connectivity index (χ0n) is 15.8. The first-order chi connectivity index (χ1) is 14.2. The van der Waals surface area contributed by atoms with Gasteiger partial charge in [-0.3, -0.25) is 9.59 Å². The van der Waals surface area contributed by atoms with Gasteiger partial charge < -0.3 is 9.88 Å². The van der Waals surface area contributed by atoms with E-state index in [1.165, 1.54) is 29.0 Å². The molecule has 29 heavy (non-hydrogen) atoms. The summed E-state index contributed by atoms with van der Waals surface area (Å²) in [6, 6.07) is 19.8. The van der Waals surface area contributed by atoms with Crippen molar-refractivity contribution in [3.63, 3.8) is 0 Å². The Hall–Kier alpha value is -2.51. The third-order valence-electron chi connectivity index (χ3n) is 4.72. The van der Waals surface area contributed by atoms with Crippen molar-refractivity contribution >= 4 is 29.4 Å². The van der Waals surface area contributed by atoms with E-state index in [9.17, 15) is 9.59 Å². The largest absolute Gasteiger partial charge is 0.337 e. The summed E-state index contributed by atoms with van der Waals surface area (Å²) in [6.45, 7) is 1.38. The van der Waals surface area contributed by atoms with E-state index in [0.717, 1.165) is 17.9 Å². The number of rotatable bonds is 6. The lowest BCUT2D eigenvalue weighted by molar-refractivity contribution is -0.129. The first-order valence-electron chi connectivity index (χ1n) is 9.43. The molecule has 3 aromatic rings. The van der Waals surface area contributed by atoms with Crippen LogP contribution in [0, 0.1) is 0 Å². The average Bonchev–Trinajstić information content (AvgIpc) is 2.76. The number of aromatic nitrogens is 2. The molecule has 1 amide bonds. The second-order valence-electron chi connectivity index (χ2n) is 6.77. The Balaban J connectivity index is 1.35. The highest BCUT2D eigenvalue weighted by Gasteiger charge is 2.20. The fraction of sp³-hybridized carbons (Fsp3) is 0.227. The van der Waals surface area contributed by atoms with Crippen LogP contribution in [-0.4, -0.2) is 33.1 Å². The first-order valence-corrected chi connectivity index (χ1v) is 11.4. The maximum absolute atomic E-state index is 12.6. The minimum absolute atomic E-state index is 0.0659. The summed E-state index contributed by atoms with van der Waals surface area (Å²) in [5.74, 6) is 0.940. The van der Waals surface area contributed by atoms with Crippen molar-refractivity contribution < 1.29 is 4.79 Å². The van der Waals surface area contributed by atoms with Gasteiger partial charge in [-0.2, -0.15) is 0 Å². The monoisotopic (exact) mass is 423 g/mol. The van der Waals surface area contributed by atoms with Crippen molar-refractivity contribution in [2.75, 3.05) is 12.3 Å². The van der Waals surface area contributed by atoms with Crippen molar-refractivity contribution in [3.8, 4) is 0 Å². The van der Waals surface area contributed by atoms with Crippen LogP contribution in [0.15, 0.2) is 75.5 Å². The van der Waals surface area contributed by atoms with Crippen LogP contribution in [0.3, 0.4) is 0 Å². The number of aromatic amines is 1. The molecule has 0 spiro atoms. The van der Waals surface area contributed by atoms with Crippen molar-refractivity contribution in [1.82, 2.24) is 14.9 Å². The third kappa shape index (κ3) is 5.31. The Labute approximate surface area is 177 Å². The Morgan fingerprint density at radius 2 is 1.79 bits per heavy atom. The number of nitrogens with zero attached hydrogens (tertiary/aromatic N) is 2. The van der Waals surface area contributed by atoms with Crippen LogP contribution in [0.2, 0.25) is 0 Å². The van der Waals surface area contributed by atoms with Gasteiger partial charge in [-0.25, -0.2) is 4.98 Å². The predicted octanol–water partition coefficient (Wildman–Crippen LogP) is 3.74. The summed E-state index contributed by atoms with van der Waals surface area (Å²) in [5.41, 5.74) is 3.05. The van der Waals surface area contributed by atoms with Crippen molar-refractivity contribution in [2.45, 2.75) is 28.8 Å². The molecule has 0 radical (unpaired) electrons. The molecule has 148 valence electrons. The quantitative estimate of drug-likeness (QED) is 0.483. The fourth-order valence-electron chi connectivity index (χ4n) is 3.23. The number of H-pyrrole nitrogens is 1. The van der Waals surface area contributed by atoms with Gasteiger partial charge in [0.1, 0.15) is 0 Å². The standard InChI is InChI=1S/C22H21N3O2S2/c26-20-12-18(14-28-19-8-2-1-3-9-19)23-22(24-20)29-15-21(27)25-11-10-16-6-4-5-7-17(16)13-25/h1-9,12H,10-11,13-15H2,(H,23,24,26). The van der Waals surface area contributed by atoms with Crippen LogP contribution in [0.4, 0.5) is 0 Å². The van der Waals surface area contributed by atoms with Gasteiger partial charge in [-0.15, -0.1) is 11.8 Å². The molecule has 0 fully saturated rings. The van der Waals surface area contributed by atoms with E-state index in [1.807, 2.05) is 47.4 Å².